The van der Waals surface area contributed by atoms with Crippen molar-refractivity contribution in [2.45, 2.75) is 12.5 Å². The number of ether oxygens (including phenoxy) is 2. The molecule has 0 radical (unpaired) electrons. The van der Waals surface area contributed by atoms with E-state index >= 15 is 0 Å². The van der Waals surface area contributed by atoms with E-state index in [-0.39, 0.29) is 23.8 Å². The molecule has 2 aliphatic heterocycles. The van der Waals surface area contributed by atoms with Crippen LogP contribution in [-0.2, 0) is 4.74 Å². The molecule has 8 nitrogen and oxygen atoms in total. The van der Waals surface area contributed by atoms with Gasteiger partial charge in [-0.05, 0) is 24.1 Å². The van der Waals surface area contributed by atoms with Crippen molar-refractivity contribution in [3.05, 3.63) is 34.3 Å². The van der Waals surface area contributed by atoms with Crippen LogP contribution in [0.3, 0.4) is 0 Å². The van der Waals surface area contributed by atoms with E-state index in [1.807, 2.05) is 0 Å². The summed E-state index contributed by atoms with van der Waals surface area (Å²) in [5.74, 6) is 1.08. The number of nitrogen functional groups attached to an aromatic ring is 1. The van der Waals surface area contributed by atoms with E-state index in [2.05, 4.69) is 20.2 Å². The topological polar surface area (TPSA) is 103 Å². The molecule has 1 atom stereocenters. The second-order valence-corrected chi connectivity index (χ2v) is 6.52. The summed E-state index contributed by atoms with van der Waals surface area (Å²) in [5, 5.41) is 3.06. The fourth-order valence-corrected chi connectivity index (χ4v) is 3.56. The fraction of sp³-hybridized carbons (Fsp3) is 0.353. The highest BCUT2D eigenvalue weighted by Gasteiger charge is 2.30. The summed E-state index contributed by atoms with van der Waals surface area (Å²) in [7, 11) is 1.55. The first kappa shape index (κ1) is 16.9. The first-order chi connectivity index (χ1) is 12.6. The zero-order valence-electron chi connectivity index (χ0n) is 14.2. The Morgan fingerprint density at radius 1 is 1.38 bits per heavy atom. The predicted octanol–water partition coefficient (Wildman–Crippen LogP) is 2.15. The van der Waals surface area contributed by atoms with E-state index in [0.717, 1.165) is 18.5 Å². The van der Waals surface area contributed by atoms with Gasteiger partial charge in [-0.2, -0.15) is 9.97 Å². The van der Waals surface area contributed by atoms with Gasteiger partial charge in [0.15, 0.2) is 0 Å². The second-order valence-electron chi connectivity index (χ2n) is 6.11. The molecule has 2 aromatic rings. The van der Waals surface area contributed by atoms with Gasteiger partial charge in [-0.1, -0.05) is 11.6 Å². The number of amides is 1. The lowest BCUT2D eigenvalue weighted by atomic mass is 10.0. The molecular weight excluding hydrogens is 358 g/mol. The molecule has 3 heterocycles. The number of nitrogens with one attached hydrogen (secondary N) is 1. The standard InChI is InChI=1S/C17H18ClN5O3/c1-20-16(24)10-5-11(18)9-6-13(10)26-15-7-14(21-17(19)22-15)23-3-2-4-25-8-12(9)23/h5-7,12H,2-4,8H2,1H3,(H,20,24)(H2,19,21,22)/t12-/m1/s1. The van der Waals surface area contributed by atoms with Crippen molar-refractivity contribution in [1.82, 2.24) is 15.3 Å². The first-order valence-corrected chi connectivity index (χ1v) is 8.67. The van der Waals surface area contributed by atoms with E-state index in [9.17, 15) is 4.79 Å². The van der Waals surface area contributed by atoms with Crippen LogP contribution in [-0.4, -0.2) is 42.7 Å². The molecule has 1 saturated heterocycles. The van der Waals surface area contributed by atoms with E-state index in [1.165, 1.54) is 0 Å². The summed E-state index contributed by atoms with van der Waals surface area (Å²) < 4.78 is 11.6. The van der Waals surface area contributed by atoms with Gasteiger partial charge in [0, 0.05) is 31.3 Å². The molecule has 1 aromatic heterocycles. The molecule has 1 aromatic carbocycles. The summed E-state index contributed by atoms with van der Waals surface area (Å²) in [5.41, 5.74) is 7.00. The van der Waals surface area contributed by atoms with Gasteiger partial charge in [0.2, 0.25) is 11.8 Å². The van der Waals surface area contributed by atoms with Crippen molar-refractivity contribution < 1.29 is 14.3 Å². The Bertz CT molecular complexity index is 876. The number of rotatable bonds is 1. The van der Waals surface area contributed by atoms with E-state index in [4.69, 9.17) is 26.8 Å². The number of aromatic nitrogens is 2. The van der Waals surface area contributed by atoms with Crippen molar-refractivity contribution in [3.8, 4) is 11.6 Å². The van der Waals surface area contributed by atoms with Crippen molar-refractivity contribution in [2.24, 2.45) is 0 Å². The zero-order chi connectivity index (χ0) is 18.3. The summed E-state index contributed by atoms with van der Waals surface area (Å²) in [6.45, 7) is 1.82. The smallest absolute Gasteiger partial charge is 0.254 e. The van der Waals surface area contributed by atoms with Crippen LogP contribution in [0.5, 0.6) is 11.6 Å². The molecule has 4 bridgehead atoms. The van der Waals surface area contributed by atoms with E-state index in [0.29, 0.717) is 35.4 Å². The van der Waals surface area contributed by atoms with Crippen LogP contribution in [0, 0.1) is 0 Å². The highest BCUT2D eigenvalue weighted by atomic mass is 35.5. The van der Waals surface area contributed by atoms with Crippen molar-refractivity contribution in [2.75, 3.05) is 37.4 Å². The van der Waals surface area contributed by atoms with Crippen LogP contribution in [0.2, 0.25) is 5.02 Å². The van der Waals surface area contributed by atoms with Gasteiger partial charge in [0.05, 0.1) is 18.2 Å². The summed E-state index contributed by atoms with van der Waals surface area (Å²) in [6.07, 6.45) is 0.845. The van der Waals surface area contributed by atoms with Crippen molar-refractivity contribution in [3.63, 3.8) is 0 Å². The number of nitrogens with two attached hydrogens (primary N) is 1. The Labute approximate surface area is 155 Å². The zero-order valence-corrected chi connectivity index (χ0v) is 14.9. The van der Waals surface area contributed by atoms with Crippen LogP contribution in [0.4, 0.5) is 11.8 Å². The maximum absolute atomic E-state index is 12.3. The van der Waals surface area contributed by atoms with E-state index in [1.54, 1.807) is 25.2 Å². The Morgan fingerprint density at radius 3 is 3.04 bits per heavy atom. The maximum Gasteiger partial charge on any atom is 0.254 e. The highest BCUT2D eigenvalue weighted by Crippen LogP contribution is 2.40. The lowest BCUT2D eigenvalue weighted by molar-refractivity contribution is 0.0960. The Morgan fingerprint density at radius 2 is 2.23 bits per heavy atom. The number of carbonyl (C=O) groups excluding carboxylic acids is 1. The summed E-state index contributed by atoms with van der Waals surface area (Å²) >= 11 is 6.53. The largest absolute Gasteiger partial charge is 0.438 e. The molecule has 3 N–H and O–H groups in total. The molecule has 0 aliphatic carbocycles. The van der Waals surface area contributed by atoms with Gasteiger partial charge >= 0.3 is 0 Å². The van der Waals surface area contributed by atoms with Crippen molar-refractivity contribution in [1.29, 1.82) is 0 Å². The summed E-state index contributed by atoms with van der Waals surface area (Å²) in [6, 6.07) is 4.92. The number of nitrogens with zero attached hydrogens (tertiary/aromatic N) is 3. The highest BCUT2D eigenvalue weighted by molar-refractivity contribution is 6.32. The van der Waals surface area contributed by atoms with E-state index < -0.39 is 0 Å². The van der Waals surface area contributed by atoms with Gasteiger partial charge in [-0.25, -0.2) is 0 Å². The van der Waals surface area contributed by atoms with Crippen molar-refractivity contribution >= 4 is 29.3 Å². The SMILES string of the molecule is CNC(=O)c1cc(Cl)c2cc1Oc1cc(nc(N)n1)N1CCCOC[C@H]21. The van der Waals surface area contributed by atoms with Crippen LogP contribution in [0.15, 0.2) is 18.2 Å². The van der Waals surface area contributed by atoms with Gasteiger partial charge in [0.25, 0.3) is 5.91 Å². The Hall–Kier alpha value is -2.58. The number of hydrogen-bond acceptors (Lipinski definition) is 7. The van der Waals surface area contributed by atoms with Gasteiger partial charge in [-0.3, -0.25) is 4.79 Å². The van der Waals surface area contributed by atoms with Gasteiger partial charge in [0.1, 0.15) is 11.6 Å². The van der Waals surface area contributed by atoms with Crippen LogP contribution < -0.4 is 20.7 Å². The molecule has 0 unspecified atom stereocenters. The molecule has 26 heavy (non-hydrogen) atoms. The Kier molecular flexibility index (Phi) is 4.29. The third kappa shape index (κ3) is 2.91. The molecule has 0 spiro atoms. The first-order valence-electron chi connectivity index (χ1n) is 8.29. The lowest BCUT2D eigenvalue weighted by Gasteiger charge is -2.31. The second kappa shape index (κ2) is 6.62. The van der Waals surface area contributed by atoms with Crippen LogP contribution in [0.25, 0.3) is 0 Å². The fourth-order valence-electron chi connectivity index (χ4n) is 3.27. The molecule has 4 rings (SSSR count). The number of carbonyl (C=O) groups is 1. The summed E-state index contributed by atoms with van der Waals surface area (Å²) in [4.78, 5) is 22.8. The molecule has 1 fully saturated rings. The minimum Gasteiger partial charge on any atom is -0.438 e. The van der Waals surface area contributed by atoms with Crippen LogP contribution >= 0.6 is 11.6 Å². The minimum absolute atomic E-state index is 0.101. The van der Waals surface area contributed by atoms with Crippen LogP contribution in [0.1, 0.15) is 28.4 Å². The molecule has 136 valence electrons. The number of halogens is 1. The number of benzene rings is 1. The average Bonchev–Trinajstić information content (AvgIpc) is 2.85. The Balaban J connectivity index is 1.95. The number of fused-ring (bicyclic) bond motifs is 7. The molecular formula is C17H18ClN5O3. The molecule has 2 aliphatic rings. The maximum atomic E-state index is 12.3. The van der Waals surface area contributed by atoms with Gasteiger partial charge < -0.3 is 25.4 Å². The number of anilines is 2. The lowest BCUT2D eigenvalue weighted by Crippen LogP contribution is -2.31. The number of hydrogen-bond donors (Lipinski definition) is 2. The average molecular weight is 376 g/mol. The van der Waals surface area contributed by atoms with Gasteiger partial charge in [-0.15, -0.1) is 0 Å². The normalized spacial score (nSPS) is 18.5. The minimum atomic E-state index is -0.302. The quantitative estimate of drug-likeness (QED) is 0.787. The molecule has 1 amide bonds. The third-order valence-corrected chi connectivity index (χ3v) is 4.81. The predicted molar refractivity (Wildman–Crippen MR) is 96.9 cm³/mol. The molecule has 0 saturated carbocycles. The molecule has 9 heteroatoms. The monoisotopic (exact) mass is 375 g/mol. The third-order valence-electron chi connectivity index (χ3n) is 4.48.